The quantitative estimate of drug-likeness (QED) is 0.430. The van der Waals surface area contributed by atoms with Crippen molar-refractivity contribution >= 4 is 10.9 Å². The van der Waals surface area contributed by atoms with E-state index in [1.54, 1.807) is 0 Å². The Morgan fingerprint density at radius 1 is 0.769 bits per heavy atom. The Morgan fingerprint density at radius 3 is 2.38 bits per heavy atom. The normalized spacial score (nSPS) is 11.3. The van der Waals surface area contributed by atoms with Gasteiger partial charge in [-0.15, -0.1) is 0 Å². The Bertz CT molecular complexity index is 773. The van der Waals surface area contributed by atoms with Crippen LogP contribution in [0.5, 0.6) is 0 Å². The molecule has 0 saturated carbocycles. The Morgan fingerprint density at radius 2 is 1.54 bits per heavy atom. The molecule has 0 bridgehead atoms. The third kappa shape index (κ3) is 5.22. The van der Waals surface area contributed by atoms with Gasteiger partial charge in [0.2, 0.25) is 0 Å². The van der Waals surface area contributed by atoms with E-state index in [4.69, 9.17) is 0 Å². The van der Waals surface area contributed by atoms with Gasteiger partial charge in [-0.05, 0) is 56.0 Å². The number of aromatic amines is 1. The molecule has 1 aromatic heterocycles. The van der Waals surface area contributed by atoms with Gasteiger partial charge >= 0.3 is 0 Å². The molecule has 138 valence electrons. The minimum Gasteiger partial charge on any atom is -0.358 e. The molecule has 3 aromatic rings. The summed E-state index contributed by atoms with van der Waals surface area (Å²) in [5, 5.41) is 5.03. The molecule has 0 aliphatic rings. The molecule has 2 aromatic carbocycles. The largest absolute Gasteiger partial charge is 0.358 e. The number of rotatable bonds is 11. The Hall–Kier alpha value is -2.06. The van der Waals surface area contributed by atoms with E-state index in [0.717, 1.165) is 25.9 Å². The molecule has 2 nitrogen and oxygen atoms in total. The maximum atomic E-state index is 3.68. The van der Waals surface area contributed by atoms with Gasteiger partial charge in [0.15, 0.2) is 0 Å². The second-order valence-corrected chi connectivity index (χ2v) is 7.17. The topological polar surface area (TPSA) is 27.8 Å². The van der Waals surface area contributed by atoms with Crippen LogP contribution in [0, 0.1) is 0 Å². The fraction of sp³-hybridized carbons (Fsp3) is 0.417. The van der Waals surface area contributed by atoms with Gasteiger partial charge < -0.3 is 10.3 Å². The molecular formula is C24H32N2. The van der Waals surface area contributed by atoms with Gasteiger partial charge in [-0.2, -0.15) is 0 Å². The number of aryl methyl sites for hydroxylation is 1. The predicted molar refractivity (Wildman–Crippen MR) is 113 cm³/mol. The van der Waals surface area contributed by atoms with Crippen molar-refractivity contribution in [3.63, 3.8) is 0 Å². The average molecular weight is 349 g/mol. The van der Waals surface area contributed by atoms with Crippen molar-refractivity contribution in [2.75, 3.05) is 13.1 Å². The fourth-order valence-corrected chi connectivity index (χ4v) is 3.70. The van der Waals surface area contributed by atoms with Gasteiger partial charge in [-0.1, -0.05) is 74.7 Å². The smallest absolute Gasteiger partial charge is 0.0458 e. The number of hydrogen-bond acceptors (Lipinski definition) is 1. The number of unbranched alkanes of at least 4 members (excludes halogenated alkanes) is 3. The molecule has 0 amide bonds. The fourth-order valence-electron chi connectivity index (χ4n) is 3.70. The second-order valence-electron chi connectivity index (χ2n) is 7.17. The number of aromatic nitrogens is 1. The van der Waals surface area contributed by atoms with Crippen molar-refractivity contribution < 1.29 is 0 Å². The van der Waals surface area contributed by atoms with Gasteiger partial charge in [-0.3, -0.25) is 0 Å². The molecular weight excluding hydrogens is 316 g/mol. The lowest BCUT2D eigenvalue weighted by atomic mass is 10.0. The molecule has 0 unspecified atom stereocenters. The molecule has 0 fully saturated rings. The van der Waals surface area contributed by atoms with E-state index in [1.165, 1.54) is 59.8 Å². The van der Waals surface area contributed by atoms with Crippen LogP contribution < -0.4 is 5.32 Å². The highest BCUT2D eigenvalue weighted by atomic mass is 14.8. The number of fused-ring (bicyclic) bond motifs is 1. The van der Waals surface area contributed by atoms with Crippen LogP contribution in [0.3, 0.4) is 0 Å². The molecule has 1 heterocycles. The van der Waals surface area contributed by atoms with Crippen molar-refractivity contribution in [1.82, 2.24) is 10.3 Å². The average Bonchev–Trinajstić information content (AvgIpc) is 3.03. The van der Waals surface area contributed by atoms with E-state index in [1.807, 2.05) is 0 Å². The summed E-state index contributed by atoms with van der Waals surface area (Å²) >= 11 is 0. The van der Waals surface area contributed by atoms with E-state index < -0.39 is 0 Å². The first-order valence-corrected chi connectivity index (χ1v) is 10.2. The molecule has 0 saturated heterocycles. The number of H-pyrrole nitrogens is 1. The highest BCUT2D eigenvalue weighted by molar-refractivity contribution is 5.84. The van der Waals surface area contributed by atoms with Crippen LogP contribution in [0.25, 0.3) is 10.9 Å². The minimum atomic E-state index is 1.04. The van der Waals surface area contributed by atoms with Gasteiger partial charge in [-0.25, -0.2) is 0 Å². The number of para-hydroxylation sites is 1. The van der Waals surface area contributed by atoms with E-state index >= 15 is 0 Å². The standard InChI is InChI=1S/C24H32N2/c1-2-3-4-8-14-24-22(21-13-9-10-15-23(21)26-24)17-19-25-18-16-20-11-6-5-7-12-20/h5-7,9-13,15,25-26H,2-4,8,14,16-19H2,1H3. The summed E-state index contributed by atoms with van der Waals surface area (Å²) in [5.74, 6) is 0. The molecule has 0 aliphatic carbocycles. The Labute approximate surface area is 158 Å². The zero-order valence-corrected chi connectivity index (χ0v) is 16.1. The summed E-state index contributed by atoms with van der Waals surface area (Å²) in [6.45, 7) is 4.35. The summed E-state index contributed by atoms with van der Waals surface area (Å²) in [5.41, 5.74) is 5.66. The minimum absolute atomic E-state index is 1.04. The van der Waals surface area contributed by atoms with Crippen molar-refractivity contribution in [1.29, 1.82) is 0 Å². The van der Waals surface area contributed by atoms with Crippen molar-refractivity contribution in [3.8, 4) is 0 Å². The first-order chi connectivity index (χ1) is 12.9. The third-order valence-electron chi connectivity index (χ3n) is 5.17. The van der Waals surface area contributed by atoms with E-state index in [0.29, 0.717) is 0 Å². The van der Waals surface area contributed by atoms with Gasteiger partial charge in [0, 0.05) is 16.6 Å². The van der Waals surface area contributed by atoms with Crippen LogP contribution in [0.4, 0.5) is 0 Å². The summed E-state index contributed by atoms with van der Waals surface area (Å²) in [7, 11) is 0. The van der Waals surface area contributed by atoms with Gasteiger partial charge in [0.25, 0.3) is 0 Å². The maximum Gasteiger partial charge on any atom is 0.0458 e. The SMILES string of the molecule is CCCCCCc1[nH]c2ccccc2c1CCNCCc1ccccc1. The van der Waals surface area contributed by atoms with Gasteiger partial charge in [0.1, 0.15) is 0 Å². The maximum absolute atomic E-state index is 3.68. The zero-order chi connectivity index (χ0) is 18.0. The molecule has 0 atom stereocenters. The lowest BCUT2D eigenvalue weighted by molar-refractivity contribution is 0.653. The summed E-state index contributed by atoms with van der Waals surface area (Å²) in [6.07, 6.45) is 8.63. The van der Waals surface area contributed by atoms with Crippen LogP contribution in [-0.4, -0.2) is 18.1 Å². The van der Waals surface area contributed by atoms with Crippen LogP contribution in [0.2, 0.25) is 0 Å². The molecule has 0 radical (unpaired) electrons. The molecule has 2 heteroatoms. The number of nitrogens with one attached hydrogen (secondary N) is 2. The van der Waals surface area contributed by atoms with Crippen molar-refractivity contribution in [2.45, 2.75) is 51.9 Å². The molecule has 2 N–H and O–H groups in total. The Kier molecular flexibility index (Phi) is 7.33. The molecule has 3 rings (SSSR count). The highest BCUT2D eigenvalue weighted by Gasteiger charge is 2.10. The summed E-state index contributed by atoms with van der Waals surface area (Å²) in [4.78, 5) is 3.68. The summed E-state index contributed by atoms with van der Waals surface area (Å²) in [6, 6.07) is 19.5. The predicted octanol–water partition coefficient (Wildman–Crippen LogP) is 5.67. The molecule has 0 aliphatic heterocycles. The Balaban J connectivity index is 1.55. The second kappa shape index (κ2) is 10.2. The van der Waals surface area contributed by atoms with Crippen LogP contribution in [-0.2, 0) is 19.3 Å². The van der Waals surface area contributed by atoms with Gasteiger partial charge in [0.05, 0.1) is 0 Å². The van der Waals surface area contributed by atoms with E-state index in [-0.39, 0.29) is 0 Å². The van der Waals surface area contributed by atoms with Crippen molar-refractivity contribution in [2.24, 2.45) is 0 Å². The molecule has 0 spiro atoms. The monoisotopic (exact) mass is 348 g/mol. The lowest BCUT2D eigenvalue weighted by Gasteiger charge is -2.07. The van der Waals surface area contributed by atoms with Crippen LogP contribution >= 0.6 is 0 Å². The third-order valence-corrected chi connectivity index (χ3v) is 5.17. The van der Waals surface area contributed by atoms with Crippen LogP contribution in [0.15, 0.2) is 54.6 Å². The highest BCUT2D eigenvalue weighted by Crippen LogP contribution is 2.24. The lowest BCUT2D eigenvalue weighted by Crippen LogP contribution is -2.20. The molecule has 26 heavy (non-hydrogen) atoms. The van der Waals surface area contributed by atoms with Crippen LogP contribution in [0.1, 0.15) is 49.4 Å². The first kappa shape index (κ1) is 18.7. The first-order valence-electron chi connectivity index (χ1n) is 10.2. The van der Waals surface area contributed by atoms with Crippen molar-refractivity contribution in [3.05, 3.63) is 71.4 Å². The summed E-state index contributed by atoms with van der Waals surface area (Å²) < 4.78 is 0. The number of hydrogen-bond donors (Lipinski definition) is 2. The van der Waals surface area contributed by atoms with E-state index in [2.05, 4.69) is 71.8 Å². The zero-order valence-electron chi connectivity index (χ0n) is 16.1. The van der Waals surface area contributed by atoms with E-state index in [9.17, 15) is 0 Å². The number of benzene rings is 2.